The van der Waals surface area contributed by atoms with Gasteiger partial charge in [-0.3, -0.25) is 9.59 Å². The number of dihydropyridines is 1. The van der Waals surface area contributed by atoms with E-state index >= 15 is 0 Å². The molecule has 5 nitrogen and oxygen atoms in total. The molecule has 2 aliphatic carbocycles. The van der Waals surface area contributed by atoms with Gasteiger partial charge in [0, 0.05) is 41.3 Å². The molecule has 3 aromatic carbocycles. The van der Waals surface area contributed by atoms with Crippen LogP contribution in [0.15, 0.2) is 81.6 Å². The van der Waals surface area contributed by atoms with Gasteiger partial charge >= 0.3 is 0 Å². The van der Waals surface area contributed by atoms with Gasteiger partial charge in [0.05, 0.1) is 11.1 Å². The third-order valence-corrected chi connectivity index (χ3v) is 8.30. The van der Waals surface area contributed by atoms with E-state index in [1.165, 1.54) is 5.39 Å². The molecule has 0 atom stereocenters. The second kappa shape index (κ2) is 10.4. The number of allylic oxidation sites excluding steroid dienone is 4. The van der Waals surface area contributed by atoms with Crippen LogP contribution in [0.3, 0.4) is 0 Å². The fraction of sp³-hybridized carbons (Fsp3) is 0.312. The Hall–Kier alpha value is -3.38. The maximum Gasteiger partial charge on any atom is 0.175 e. The van der Waals surface area contributed by atoms with Crippen molar-refractivity contribution in [1.82, 2.24) is 5.32 Å². The van der Waals surface area contributed by atoms with Crippen molar-refractivity contribution in [3.05, 3.63) is 92.7 Å². The van der Waals surface area contributed by atoms with Gasteiger partial charge in [0.15, 0.2) is 23.1 Å². The topological polar surface area (TPSA) is 64.6 Å². The van der Waals surface area contributed by atoms with Gasteiger partial charge in [-0.1, -0.05) is 42.5 Å². The zero-order valence-corrected chi connectivity index (χ0v) is 23.0. The highest BCUT2D eigenvalue weighted by atomic mass is 79.9. The summed E-state index contributed by atoms with van der Waals surface area (Å²) in [5.74, 6) is 1.08. The van der Waals surface area contributed by atoms with E-state index in [9.17, 15) is 9.59 Å². The SMILES string of the molecule is CCOc1cc(C2C3=C(CCCC3=O)NC3=C2C(=O)CCC3)cc(Br)c1OCc1cccc2ccccc12. The van der Waals surface area contributed by atoms with Crippen LogP contribution in [0.1, 0.15) is 62.5 Å². The number of nitrogens with one attached hydrogen (secondary N) is 1. The van der Waals surface area contributed by atoms with Gasteiger partial charge in [-0.15, -0.1) is 0 Å². The molecule has 0 fully saturated rings. The van der Waals surface area contributed by atoms with E-state index in [4.69, 9.17) is 9.47 Å². The van der Waals surface area contributed by atoms with Crippen LogP contribution in [0.25, 0.3) is 10.8 Å². The van der Waals surface area contributed by atoms with E-state index in [0.717, 1.165) is 69.2 Å². The van der Waals surface area contributed by atoms with Crippen LogP contribution in [0.5, 0.6) is 11.5 Å². The molecule has 0 spiro atoms. The van der Waals surface area contributed by atoms with Crippen LogP contribution >= 0.6 is 15.9 Å². The van der Waals surface area contributed by atoms with Gasteiger partial charge < -0.3 is 14.8 Å². The monoisotopic (exact) mass is 571 g/mol. The number of rotatable bonds is 6. The standard InChI is InChI=1S/C32H30BrNO4/c1-2-37-28-17-21(16-23(33)32(28)38-18-20-10-5-9-19-8-3-4-11-22(19)20)29-30-24(12-6-14-26(30)35)34-25-13-7-15-27(36)31(25)29/h3-5,8-11,16-17,29,34H,2,6-7,12-15,18H2,1H3. The molecule has 0 saturated heterocycles. The third-order valence-electron chi connectivity index (χ3n) is 7.71. The van der Waals surface area contributed by atoms with Crippen molar-refractivity contribution in [2.45, 2.75) is 58.0 Å². The lowest BCUT2D eigenvalue weighted by Crippen LogP contribution is -2.36. The lowest BCUT2D eigenvalue weighted by molar-refractivity contribution is -0.117. The minimum Gasteiger partial charge on any atom is -0.490 e. The van der Waals surface area contributed by atoms with Gasteiger partial charge in [-0.05, 0) is 82.6 Å². The van der Waals surface area contributed by atoms with Crippen molar-refractivity contribution in [3.8, 4) is 11.5 Å². The summed E-state index contributed by atoms with van der Waals surface area (Å²) in [5, 5.41) is 5.81. The fourth-order valence-electron chi connectivity index (χ4n) is 6.04. The Morgan fingerprint density at radius 1 is 0.868 bits per heavy atom. The number of hydrogen-bond donors (Lipinski definition) is 1. The molecule has 6 heteroatoms. The summed E-state index contributed by atoms with van der Waals surface area (Å²) in [6.45, 7) is 2.79. The molecule has 1 N–H and O–H groups in total. The van der Waals surface area contributed by atoms with Gasteiger partial charge in [0.1, 0.15) is 6.61 Å². The lowest BCUT2D eigenvalue weighted by Gasteiger charge is -2.37. The number of ketones is 2. The van der Waals surface area contributed by atoms with E-state index in [1.807, 2.05) is 37.3 Å². The minimum atomic E-state index is -0.385. The molecule has 3 aromatic rings. The van der Waals surface area contributed by atoms with Crippen LogP contribution in [0, 0.1) is 0 Å². The van der Waals surface area contributed by atoms with Crippen molar-refractivity contribution >= 4 is 38.3 Å². The highest BCUT2D eigenvalue weighted by Crippen LogP contribution is 2.48. The van der Waals surface area contributed by atoms with Crippen LogP contribution in [-0.2, 0) is 16.2 Å². The molecule has 0 unspecified atom stereocenters. The number of carbonyl (C=O) groups is 2. The second-order valence-electron chi connectivity index (χ2n) is 10.1. The Bertz CT molecular complexity index is 1470. The predicted octanol–water partition coefficient (Wildman–Crippen LogP) is 7.28. The molecule has 0 bridgehead atoms. The van der Waals surface area contributed by atoms with Crippen LogP contribution < -0.4 is 14.8 Å². The van der Waals surface area contributed by atoms with Gasteiger partial charge in [-0.2, -0.15) is 0 Å². The van der Waals surface area contributed by atoms with Gasteiger partial charge in [-0.25, -0.2) is 0 Å². The average molecular weight is 572 g/mol. The molecule has 1 heterocycles. The quantitative estimate of drug-likeness (QED) is 0.336. The van der Waals surface area contributed by atoms with Gasteiger partial charge in [0.25, 0.3) is 0 Å². The largest absolute Gasteiger partial charge is 0.490 e. The van der Waals surface area contributed by atoms with Crippen molar-refractivity contribution < 1.29 is 19.1 Å². The minimum absolute atomic E-state index is 0.124. The predicted molar refractivity (Wildman–Crippen MR) is 151 cm³/mol. The first kappa shape index (κ1) is 24.9. The second-order valence-corrected chi connectivity index (χ2v) is 10.9. The van der Waals surface area contributed by atoms with Crippen molar-refractivity contribution in [2.24, 2.45) is 0 Å². The number of carbonyl (C=O) groups excluding carboxylic acids is 2. The molecule has 3 aliphatic rings. The number of fused-ring (bicyclic) bond motifs is 1. The zero-order chi connectivity index (χ0) is 26.2. The Balaban J connectivity index is 1.41. The molecule has 0 amide bonds. The Morgan fingerprint density at radius 2 is 1.55 bits per heavy atom. The Morgan fingerprint density at radius 3 is 2.26 bits per heavy atom. The highest BCUT2D eigenvalue weighted by Gasteiger charge is 2.40. The first-order chi connectivity index (χ1) is 18.5. The molecule has 0 aromatic heterocycles. The van der Waals surface area contributed by atoms with Crippen molar-refractivity contribution in [3.63, 3.8) is 0 Å². The lowest BCUT2D eigenvalue weighted by atomic mass is 9.71. The third kappa shape index (κ3) is 4.45. The fourth-order valence-corrected chi connectivity index (χ4v) is 6.62. The number of ether oxygens (including phenoxy) is 2. The average Bonchev–Trinajstić information content (AvgIpc) is 2.92. The van der Waals surface area contributed by atoms with Crippen LogP contribution in [-0.4, -0.2) is 18.2 Å². The molecule has 1 aliphatic heterocycles. The summed E-state index contributed by atoms with van der Waals surface area (Å²) < 4.78 is 13.2. The van der Waals surface area contributed by atoms with Crippen molar-refractivity contribution in [2.75, 3.05) is 6.61 Å². The molecular formula is C32H30BrNO4. The number of benzene rings is 3. The maximum atomic E-state index is 13.2. The van der Waals surface area contributed by atoms with E-state index < -0.39 is 0 Å². The summed E-state index contributed by atoms with van der Waals surface area (Å²) in [6, 6.07) is 18.4. The molecule has 0 radical (unpaired) electrons. The number of hydrogen-bond acceptors (Lipinski definition) is 5. The first-order valence-electron chi connectivity index (χ1n) is 13.4. The summed E-state index contributed by atoms with van der Waals surface area (Å²) in [4.78, 5) is 26.4. The van der Waals surface area contributed by atoms with E-state index in [-0.39, 0.29) is 17.5 Å². The summed E-state index contributed by atoms with van der Waals surface area (Å²) in [6.07, 6.45) is 4.35. The Kier molecular flexibility index (Phi) is 6.83. The van der Waals surface area contributed by atoms with Crippen molar-refractivity contribution in [1.29, 1.82) is 0 Å². The zero-order valence-electron chi connectivity index (χ0n) is 21.4. The van der Waals surface area contributed by atoms with E-state index in [0.29, 0.717) is 37.6 Å². The van der Waals surface area contributed by atoms with E-state index in [2.05, 4.69) is 45.5 Å². The first-order valence-corrected chi connectivity index (χ1v) is 14.2. The van der Waals surface area contributed by atoms with Gasteiger partial charge in [0.2, 0.25) is 0 Å². The molecule has 0 saturated carbocycles. The highest BCUT2D eigenvalue weighted by molar-refractivity contribution is 9.10. The summed E-state index contributed by atoms with van der Waals surface area (Å²) in [7, 11) is 0. The van der Waals surface area contributed by atoms with Crippen LogP contribution in [0.4, 0.5) is 0 Å². The van der Waals surface area contributed by atoms with Crippen LogP contribution in [0.2, 0.25) is 0 Å². The number of Topliss-reactive ketones (excluding diaryl/α,β-unsaturated/α-hetero) is 2. The number of halogens is 1. The molecule has 38 heavy (non-hydrogen) atoms. The van der Waals surface area contributed by atoms with E-state index in [1.54, 1.807) is 0 Å². The normalized spacial score (nSPS) is 17.8. The maximum absolute atomic E-state index is 13.2. The summed E-state index contributed by atoms with van der Waals surface area (Å²) in [5.41, 5.74) is 5.40. The molecule has 6 rings (SSSR count). The molecular weight excluding hydrogens is 542 g/mol. The molecule has 194 valence electrons. The summed E-state index contributed by atoms with van der Waals surface area (Å²) >= 11 is 3.74. The Labute approximate surface area is 231 Å². The smallest absolute Gasteiger partial charge is 0.175 e.